The monoisotopic (exact) mass is 243 g/mol. The maximum Gasteiger partial charge on any atom is 0.142 e. The molecule has 3 nitrogen and oxygen atoms in total. The molecule has 3 heteroatoms. The van der Waals surface area contributed by atoms with E-state index in [-0.39, 0.29) is 0 Å². The van der Waals surface area contributed by atoms with Gasteiger partial charge in [0.2, 0.25) is 0 Å². The highest BCUT2D eigenvalue weighted by Crippen LogP contribution is 2.26. The predicted molar refractivity (Wildman–Crippen MR) is 72.9 cm³/mol. The van der Waals surface area contributed by atoms with Gasteiger partial charge in [0.25, 0.3) is 0 Å². The molecular weight excluding hydrogens is 226 g/mol. The highest BCUT2D eigenvalue weighted by atomic mass is 16.5. The second-order valence-electron chi connectivity index (χ2n) is 4.18. The number of hydrogen-bond acceptors (Lipinski definition) is 3. The standard InChI is InChI=1S/C15H17NO2/c1-11-3-5-12(6-4-11)10-18-13-7-8-15(17-2)14(16)9-13/h3-9H,10,16H2,1-2H3. The van der Waals surface area contributed by atoms with Crippen LogP contribution in [0.15, 0.2) is 42.5 Å². The fraction of sp³-hybridized carbons (Fsp3) is 0.200. The third-order valence-corrected chi connectivity index (χ3v) is 2.73. The van der Waals surface area contributed by atoms with Crippen molar-refractivity contribution in [3.63, 3.8) is 0 Å². The van der Waals surface area contributed by atoms with Crippen LogP contribution in [-0.4, -0.2) is 7.11 Å². The van der Waals surface area contributed by atoms with Gasteiger partial charge in [-0.25, -0.2) is 0 Å². The van der Waals surface area contributed by atoms with Crippen molar-refractivity contribution in [3.05, 3.63) is 53.6 Å². The number of nitrogen functional groups attached to an aromatic ring is 1. The van der Waals surface area contributed by atoms with Crippen LogP contribution in [-0.2, 0) is 6.61 Å². The van der Waals surface area contributed by atoms with Crippen molar-refractivity contribution in [2.45, 2.75) is 13.5 Å². The Balaban J connectivity index is 2.02. The molecule has 0 heterocycles. The van der Waals surface area contributed by atoms with Crippen molar-refractivity contribution in [2.75, 3.05) is 12.8 Å². The van der Waals surface area contributed by atoms with Crippen molar-refractivity contribution in [3.8, 4) is 11.5 Å². The van der Waals surface area contributed by atoms with E-state index in [1.165, 1.54) is 5.56 Å². The molecule has 2 aromatic rings. The number of ether oxygens (including phenoxy) is 2. The maximum atomic E-state index is 5.82. The molecule has 0 aliphatic heterocycles. The first-order valence-corrected chi connectivity index (χ1v) is 5.81. The van der Waals surface area contributed by atoms with Gasteiger partial charge in [-0.15, -0.1) is 0 Å². The van der Waals surface area contributed by atoms with Gasteiger partial charge < -0.3 is 15.2 Å². The molecule has 0 bridgehead atoms. The molecule has 2 rings (SSSR count). The van der Waals surface area contributed by atoms with E-state index in [1.54, 1.807) is 19.2 Å². The molecule has 0 aliphatic carbocycles. The van der Waals surface area contributed by atoms with E-state index < -0.39 is 0 Å². The summed E-state index contributed by atoms with van der Waals surface area (Å²) in [6, 6.07) is 13.7. The van der Waals surface area contributed by atoms with Gasteiger partial charge in [-0.05, 0) is 24.6 Å². The Labute approximate surface area is 107 Å². The Morgan fingerprint density at radius 3 is 2.39 bits per heavy atom. The lowest BCUT2D eigenvalue weighted by Gasteiger charge is -2.09. The number of nitrogens with two attached hydrogens (primary N) is 1. The molecule has 0 saturated carbocycles. The van der Waals surface area contributed by atoms with Crippen molar-refractivity contribution in [1.82, 2.24) is 0 Å². The van der Waals surface area contributed by atoms with Gasteiger partial charge in [0.05, 0.1) is 12.8 Å². The molecule has 0 atom stereocenters. The number of rotatable bonds is 4. The van der Waals surface area contributed by atoms with Crippen LogP contribution >= 0.6 is 0 Å². The van der Waals surface area contributed by atoms with Gasteiger partial charge in [-0.1, -0.05) is 29.8 Å². The van der Waals surface area contributed by atoms with Crippen LogP contribution in [0.4, 0.5) is 5.69 Å². The smallest absolute Gasteiger partial charge is 0.142 e. The van der Waals surface area contributed by atoms with Crippen LogP contribution in [0, 0.1) is 6.92 Å². The molecule has 0 saturated heterocycles. The van der Waals surface area contributed by atoms with Crippen molar-refractivity contribution in [2.24, 2.45) is 0 Å². The molecule has 0 aromatic heterocycles. The average Bonchev–Trinajstić information content (AvgIpc) is 2.38. The van der Waals surface area contributed by atoms with Crippen LogP contribution < -0.4 is 15.2 Å². The summed E-state index contributed by atoms with van der Waals surface area (Å²) in [7, 11) is 1.60. The Morgan fingerprint density at radius 2 is 1.78 bits per heavy atom. The predicted octanol–water partition coefficient (Wildman–Crippen LogP) is 3.16. The first-order valence-electron chi connectivity index (χ1n) is 5.81. The van der Waals surface area contributed by atoms with E-state index >= 15 is 0 Å². The maximum absolute atomic E-state index is 5.82. The first kappa shape index (κ1) is 12.3. The van der Waals surface area contributed by atoms with Crippen LogP contribution in [0.1, 0.15) is 11.1 Å². The minimum Gasteiger partial charge on any atom is -0.495 e. The minimum absolute atomic E-state index is 0.534. The molecule has 2 N–H and O–H groups in total. The molecule has 0 aliphatic rings. The van der Waals surface area contributed by atoms with Crippen molar-refractivity contribution < 1.29 is 9.47 Å². The Kier molecular flexibility index (Phi) is 3.72. The summed E-state index contributed by atoms with van der Waals surface area (Å²) < 4.78 is 10.8. The molecule has 94 valence electrons. The van der Waals surface area contributed by atoms with Gasteiger partial charge in [0.1, 0.15) is 18.1 Å². The number of benzene rings is 2. The zero-order valence-electron chi connectivity index (χ0n) is 10.6. The lowest BCUT2D eigenvalue weighted by molar-refractivity contribution is 0.305. The van der Waals surface area contributed by atoms with Crippen molar-refractivity contribution >= 4 is 5.69 Å². The van der Waals surface area contributed by atoms with E-state index in [0.717, 1.165) is 11.3 Å². The Bertz CT molecular complexity index is 521. The molecule has 18 heavy (non-hydrogen) atoms. The van der Waals surface area contributed by atoms with Crippen molar-refractivity contribution in [1.29, 1.82) is 0 Å². The summed E-state index contributed by atoms with van der Waals surface area (Å²) in [6.07, 6.45) is 0. The number of anilines is 1. The normalized spacial score (nSPS) is 10.1. The molecule has 0 unspecified atom stereocenters. The van der Waals surface area contributed by atoms with E-state index in [2.05, 4.69) is 31.2 Å². The summed E-state index contributed by atoms with van der Waals surface area (Å²) in [6.45, 7) is 2.60. The van der Waals surface area contributed by atoms with Crippen LogP contribution in [0.5, 0.6) is 11.5 Å². The van der Waals surface area contributed by atoms with Crippen LogP contribution in [0.3, 0.4) is 0 Å². The lowest BCUT2D eigenvalue weighted by Crippen LogP contribution is -1.97. The molecule has 0 radical (unpaired) electrons. The molecule has 0 fully saturated rings. The van der Waals surface area contributed by atoms with Crippen LogP contribution in [0.25, 0.3) is 0 Å². The second kappa shape index (κ2) is 5.45. The fourth-order valence-corrected chi connectivity index (χ4v) is 1.65. The highest BCUT2D eigenvalue weighted by Gasteiger charge is 2.01. The third-order valence-electron chi connectivity index (χ3n) is 2.73. The van der Waals surface area contributed by atoms with E-state index in [1.807, 2.05) is 6.07 Å². The zero-order valence-corrected chi connectivity index (χ0v) is 10.6. The third kappa shape index (κ3) is 2.94. The summed E-state index contributed by atoms with van der Waals surface area (Å²) in [5, 5.41) is 0. The quantitative estimate of drug-likeness (QED) is 0.839. The van der Waals surface area contributed by atoms with Gasteiger partial charge in [-0.2, -0.15) is 0 Å². The van der Waals surface area contributed by atoms with Gasteiger partial charge in [-0.3, -0.25) is 0 Å². The Morgan fingerprint density at radius 1 is 1.06 bits per heavy atom. The topological polar surface area (TPSA) is 44.5 Å². The second-order valence-corrected chi connectivity index (χ2v) is 4.18. The minimum atomic E-state index is 0.534. The summed E-state index contributed by atoms with van der Waals surface area (Å²) >= 11 is 0. The fourth-order valence-electron chi connectivity index (χ4n) is 1.65. The molecule has 0 amide bonds. The van der Waals surface area contributed by atoms with E-state index in [9.17, 15) is 0 Å². The number of aryl methyl sites for hydroxylation is 1. The highest BCUT2D eigenvalue weighted by molar-refractivity contribution is 5.56. The summed E-state index contributed by atoms with van der Waals surface area (Å²) in [5.41, 5.74) is 8.78. The summed E-state index contributed by atoms with van der Waals surface area (Å²) in [5.74, 6) is 1.41. The van der Waals surface area contributed by atoms with E-state index in [0.29, 0.717) is 18.0 Å². The molecular formula is C15H17NO2. The zero-order chi connectivity index (χ0) is 13.0. The van der Waals surface area contributed by atoms with Crippen LogP contribution in [0.2, 0.25) is 0 Å². The average molecular weight is 243 g/mol. The van der Waals surface area contributed by atoms with Gasteiger partial charge >= 0.3 is 0 Å². The number of hydrogen-bond donors (Lipinski definition) is 1. The molecule has 0 spiro atoms. The molecule has 2 aromatic carbocycles. The number of methoxy groups -OCH3 is 1. The lowest BCUT2D eigenvalue weighted by atomic mass is 10.2. The Hall–Kier alpha value is -2.16. The summed E-state index contributed by atoms with van der Waals surface area (Å²) in [4.78, 5) is 0. The van der Waals surface area contributed by atoms with Gasteiger partial charge in [0, 0.05) is 6.07 Å². The van der Waals surface area contributed by atoms with Gasteiger partial charge in [0.15, 0.2) is 0 Å². The largest absolute Gasteiger partial charge is 0.495 e. The van der Waals surface area contributed by atoms with E-state index in [4.69, 9.17) is 15.2 Å². The SMILES string of the molecule is COc1ccc(OCc2ccc(C)cc2)cc1N. The first-order chi connectivity index (χ1) is 8.69.